The minimum atomic E-state index is -0.957. The van der Waals surface area contributed by atoms with Crippen molar-refractivity contribution in [2.45, 2.75) is 50.2 Å². The second-order valence-electron chi connectivity index (χ2n) is 11.7. The summed E-state index contributed by atoms with van der Waals surface area (Å²) in [7, 11) is 3.46. The molecular formula is C29H29BrFN9O3. The summed E-state index contributed by atoms with van der Waals surface area (Å²) >= 11 is 3.40. The number of carbonyl (C=O) groups is 2. The van der Waals surface area contributed by atoms with Crippen molar-refractivity contribution in [3.05, 3.63) is 46.3 Å². The van der Waals surface area contributed by atoms with Gasteiger partial charge in [0.2, 0.25) is 0 Å². The van der Waals surface area contributed by atoms with Gasteiger partial charge in [0.25, 0.3) is 0 Å². The smallest absolute Gasteiger partial charge is 0.407 e. The number of pyridine rings is 1. The number of carboxylic acid groups (broad SMARTS) is 1. The van der Waals surface area contributed by atoms with Crippen LogP contribution in [0.4, 0.5) is 14.0 Å². The Labute approximate surface area is 254 Å². The van der Waals surface area contributed by atoms with Crippen molar-refractivity contribution < 1.29 is 19.1 Å². The average Bonchev–Trinajstić information content (AvgIpc) is 3.80. The van der Waals surface area contributed by atoms with E-state index in [9.17, 15) is 20.0 Å². The molecule has 3 saturated heterocycles. The van der Waals surface area contributed by atoms with Crippen LogP contribution in [0.25, 0.3) is 27.6 Å². The summed E-state index contributed by atoms with van der Waals surface area (Å²) in [6, 6.07) is 5.24. The fraction of sp³-hybridized carbons (Fsp3) is 0.448. The topological polar surface area (TPSA) is 136 Å². The van der Waals surface area contributed by atoms with E-state index < -0.39 is 11.9 Å². The minimum absolute atomic E-state index is 0.0752. The highest BCUT2D eigenvalue weighted by atomic mass is 79.9. The molecule has 8 rings (SSSR count). The fourth-order valence-corrected chi connectivity index (χ4v) is 7.81. The second-order valence-corrected chi connectivity index (χ2v) is 12.5. The molecule has 3 aliphatic heterocycles. The minimum Gasteiger partial charge on any atom is -0.465 e. The quantitative estimate of drug-likeness (QED) is 0.326. The van der Waals surface area contributed by atoms with E-state index in [1.165, 1.54) is 22.2 Å². The predicted octanol–water partition coefficient (Wildman–Crippen LogP) is 4.87. The first-order valence-corrected chi connectivity index (χ1v) is 15.0. The number of halogens is 2. The highest BCUT2D eigenvalue weighted by molar-refractivity contribution is 9.10. The van der Waals surface area contributed by atoms with Crippen molar-refractivity contribution in [1.82, 2.24) is 39.0 Å². The SMILES string of the molecule is CN(C)C(=O)N1CCCC1c1cc2c(-n3cncn3)nc3c(F)c(Br)c(CCC#N)cc3c2n1[C@H]1[C@@H]2C[C@H]1N(C(=O)O)C2. The van der Waals surface area contributed by atoms with E-state index in [4.69, 9.17) is 4.98 Å². The fourth-order valence-electron chi connectivity index (χ4n) is 7.31. The predicted molar refractivity (Wildman–Crippen MR) is 157 cm³/mol. The summed E-state index contributed by atoms with van der Waals surface area (Å²) in [5, 5.41) is 24.8. The molecule has 0 radical (unpaired) electrons. The van der Waals surface area contributed by atoms with Crippen LogP contribution in [0.5, 0.6) is 0 Å². The van der Waals surface area contributed by atoms with Gasteiger partial charge in [-0.15, -0.1) is 0 Å². The molecule has 222 valence electrons. The maximum absolute atomic E-state index is 16.2. The van der Waals surface area contributed by atoms with Gasteiger partial charge in [0.05, 0.1) is 34.2 Å². The summed E-state index contributed by atoms with van der Waals surface area (Å²) in [6.45, 7) is 1.01. The van der Waals surface area contributed by atoms with E-state index in [1.54, 1.807) is 19.0 Å². The van der Waals surface area contributed by atoms with Crippen molar-refractivity contribution in [3.8, 4) is 11.9 Å². The Morgan fingerprint density at radius 1 is 1.26 bits per heavy atom. The number of carbonyl (C=O) groups excluding carboxylic acids is 1. The number of rotatable bonds is 5. The molecule has 4 atom stereocenters. The molecule has 4 aromatic rings. The Kier molecular flexibility index (Phi) is 6.53. The average molecular weight is 651 g/mol. The number of benzene rings is 1. The number of likely N-dealkylation sites (tertiary alicyclic amines) is 1. The second kappa shape index (κ2) is 10.2. The van der Waals surface area contributed by atoms with Gasteiger partial charge in [-0.2, -0.15) is 10.4 Å². The normalized spacial score (nSPS) is 22.8. The molecule has 4 aliphatic rings. The molecule has 0 spiro atoms. The lowest BCUT2D eigenvalue weighted by atomic mass is 9.79. The number of aryl methyl sites for hydroxylation is 1. The van der Waals surface area contributed by atoms with E-state index in [0.717, 1.165) is 25.0 Å². The van der Waals surface area contributed by atoms with Gasteiger partial charge in [0.15, 0.2) is 11.6 Å². The number of hydrogen-bond donors (Lipinski definition) is 1. The van der Waals surface area contributed by atoms with Gasteiger partial charge in [-0.05, 0) is 59.3 Å². The third kappa shape index (κ3) is 4.08. The van der Waals surface area contributed by atoms with E-state index in [1.807, 2.05) is 17.0 Å². The van der Waals surface area contributed by atoms with Crippen LogP contribution >= 0.6 is 15.9 Å². The summed E-state index contributed by atoms with van der Waals surface area (Å²) in [5.74, 6) is -0.0795. The molecule has 3 amide bonds. The van der Waals surface area contributed by atoms with Crippen LogP contribution in [-0.4, -0.2) is 89.5 Å². The van der Waals surface area contributed by atoms with Crippen molar-refractivity contribution in [2.24, 2.45) is 5.92 Å². The zero-order valence-corrected chi connectivity index (χ0v) is 25.2. The summed E-state index contributed by atoms with van der Waals surface area (Å²) < 4.78 is 20.1. The number of urea groups is 1. The molecule has 1 aromatic carbocycles. The van der Waals surface area contributed by atoms with Crippen molar-refractivity contribution in [2.75, 3.05) is 27.2 Å². The Morgan fingerprint density at radius 2 is 2.07 bits per heavy atom. The van der Waals surface area contributed by atoms with Crippen molar-refractivity contribution in [3.63, 3.8) is 0 Å². The van der Waals surface area contributed by atoms with Crippen LogP contribution in [-0.2, 0) is 6.42 Å². The maximum Gasteiger partial charge on any atom is 0.407 e. The Morgan fingerprint density at radius 3 is 2.74 bits per heavy atom. The molecule has 6 heterocycles. The van der Waals surface area contributed by atoms with E-state index in [2.05, 4.69) is 36.6 Å². The Balaban J connectivity index is 1.57. The molecule has 1 aliphatic carbocycles. The zero-order valence-electron chi connectivity index (χ0n) is 23.6. The van der Waals surface area contributed by atoms with Crippen LogP contribution < -0.4 is 0 Å². The Hall–Kier alpha value is -4.25. The number of nitriles is 1. The summed E-state index contributed by atoms with van der Waals surface area (Å²) in [5.41, 5.74) is 2.36. The van der Waals surface area contributed by atoms with Crippen LogP contribution in [0.15, 0.2) is 29.3 Å². The lowest BCUT2D eigenvalue weighted by Gasteiger charge is -2.40. The van der Waals surface area contributed by atoms with Crippen LogP contribution in [0.3, 0.4) is 0 Å². The summed E-state index contributed by atoms with van der Waals surface area (Å²) in [4.78, 5) is 39.3. The lowest BCUT2D eigenvalue weighted by molar-refractivity contribution is 0.122. The number of amides is 3. The van der Waals surface area contributed by atoms with Gasteiger partial charge in [-0.3, -0.25) is 0 Å². The molecule has 12 nitrogen and oxygen atoms in total. The molecule has 4 fully saturated rings. The van der Waals surface area contributed by atoms with Gasteiger partial charge in [0.1, 0.15) is 18.2 Å². The number of aromatic nitrogens is 5. The van der Waals surface area contributed by atoms with Gasteiger partial charge in [-0.1, -0.05) is 0 Å². The third-order valence-corrected chi connectivity index (χ3v) is 10.1. The van der Waals surface area contributed by atoms with Gasteiger partial charge in [0, 0.05) is 56.0 Å². The molecule has 1 saturated carbocycles. The number of nitrogens with zero attached hydrogens (tertiary/aromatic N) is 9. The largest absolute Gasteiger partial charge is 0.465 e. The highest BCUT2D eigenvalue weighted by Gasteiger charge is 2.56. The van der Waals surface area contributed by atoms with Crippen LogP contribution in [0, 0.1) is 23.1 Å². The first kappa shape index (κ1) is 27.6. The van der Waals surface area contributed by atoms with Crippen molar-refractivity contribution in [1.29, 1.82) is 5.26 Å². The van der Waals surface area contributed by atoms with E-state index in [-0.39, 0.29) is 46.5 Å². The molecule has 43 heavy (non-hydrogen) atoms. The van der Waals surface area contributed by atoms with E-state index >= 15 is 4.39 Å². The molecule has 2 bridgehead atoms. The summed E-state index contributed by atoms with van der Waals surface area (Å²) in [6.07, 6.45) is 4.80. The van der Waals surface area contributed by atoms with Gasteiger partial charge in [-0.25, -0.2) is 28.6 Å². The van der Waals surface area contributed by atoms with Crippen LogP contribution in [0.1, 0.15) is 49.0 Å². The molecule has 1 unspecified atom stereocenters. The number of fused-ring (bicyclic) bond motifs is 4. The standard InChI is InChI=1S/C29H29BrFN9O3/c1-36(2)28(41)37-8-4-6-19(37)20-11-18-26(40(20)25-16-10-21(25)38(12-16)29(42)43)17-9-15(5-3-7-32)22(30)23(31)24(17)35-27(18)39-14-33-13-34-39/h9,11,13-14,16,19,21,25H,3-6,8,10,12H2,1-2H3,(H,42,43)/t16-,19?,21-,25+/m1/s1. The lowest BCUT2D eigenvalue weighted by Crippen LogP contribution is -2.44. The maximum atomic E-state index is 16.2. The van der Waals surface area contributed by atoms with E-state index in [0.29, 0.717) is 47.2 Å². The monoisotopic (exact) mass is 649 g/mol. The molecule has 3 aromatic heterocycles. The highest BCUT2D eigenvalue weighted by Crippen LogP contribution is 2.53. The molecular weight excluding hydrogens is 621 g/mol. The van der Waals surface area contributed by atoms with Crippen molar-refractivity contribution >= 4 is 49.9 Å². The first-order chi connectivity index (χ1) is 20.7. The third-order valence-electron chi connectivity index (χ3n) is 9.20. The van der Waals surface area contributed by atoms with Gasteiger partial charge < -0.3 is 24.4 Å². The zero-order chi connectivity index (χ0) is 30.2. The van der Waals surface area contributed by atoms with Gasteiger partial charge >= 0.3 is 12.1 Å². The first-order valence-electron chi connectivity index (χ1n) is 14.3. The van der Waals surface area contributed by atoms with Crippen LogP contribution in [0.2, 0.25) is 0 Å². The number of hydrogen-bond acceptors (Lipinski definition) is 6. The molecule has 14 heteroatoms. The molecule has 1 N–H and O–H groups in total. The Bertz CT molecular complexity index is 1830.